The molecule has 19 heavy (non-hydrogen) atoms. The van der Waals surface area contributed by atoms with Gasteiger partial charge in [-0.25, -0.2) is 4.39 Å². The number of nitrogens with two attached hydrogens (primary N) is 1. The molecule has 0 aliphatic rings. The normalized spacial score (nSPS) is 10.3. The van der Waals surface area contributed by atoms with Gasteiger partial charge in [0, 0.05) is 15.7 Å². The number of anilines is 2. The number of rotatable bonds is 3. The van der Waals surface area contributed by atoms with Crippen LogP contribution in [0, 0.1) is 12.7 Å². The topological polar surface area (TPSA) is 38.0 Å². The number of halogens is 2. The van der Waals surface area contributed by atoms with Gasteiger partial charge in [0.05, 0.1) is 5.69 Å². The van der Waals surface area contributed by atoms with E-state index in [0.717, 1.165) is 21.3 Å². The number of thiocarbonyl (C=S) groups is 1. The molecule has 0 aromatic heterocycles. The van der Waals surface area contributed by atoms with Gasteiger partial charge in [0.1, 0.15) is 10.8 Å². The van der Waals surface area contributed by atoms with Gasteiger partial charge in [-0.1, -0.05) is 12.2 Å². The van der Waals surface area contributed by atoms with E-state index in [4.69, 9.17) is 18.0 Å². The first-order chi connectivity index (χ1) is 8.95. The number of hydrogen-bond acceptors (Lipinski definition) is 2. The van der Waals surface area contributed by atoms with Gasteiger partial charge >= 0.3 is 0 Å². The van der Waals surface area contributed by atoms with E-state index in [2.05, 4.69) is 21.2 Å². The molecule has 2 aromatic carbocycles. The Labute approximate surface area is 124 Å². The van der Waals surface area contributed by atoms with E-state index in [-0.39, 0.29) is 5.82 Å². The van der Waals surface area contributed by atoms with Crippen molar-refractivity contribution in [2.45, 2.75) is 6.92 Å². The van der Waals surface area contributed by atoms with Crippen LogP contribution in [0.25, 0.3) is 0 Å². The monoisotopic (exact) mass is 338 g/mol. The molecule has 0 aliphatic heterocycles. The summed E-state index contributed by atoms with van der Waals surface area (Å²) in [5.74, 6) is -0.265. The third-order valence-corrected chi connectivity index (χ3v) is 3.47. The summed E-state index contributed by atoms with van der Waals surface area (Å²) in [5, 5.41) is 3.15. The van der Waals surface area contributed by atoms with E-state index in [1.54, 1.807) is 0 Å². The van der Waals surface area contributed by atoms with Crippen LogP contribution < -0.4 is 11.1 Å². The van der Waals surface area contributed by atoms with E-state index in [1.165, 1.54) is 12.1 Å². The van der Waals surface area contributed by atoms with Gasteiger partial charge in [-0.15, -0.1) is 0 Å². The van der Waals surface area contributed by atoms with Crippen molar-refractivity contribution in [3.63, 3.8) is 0 Å². The highest BCUT2D eigenvalue weighted by Gasteiger charge is 2.05. The molecule has 2 aromatic rings. The molecular formula is C14H12BrFN2S. The van der Waals surface area contributed by atoms with Crippen LogP contribution in [-0.4, -0.2) is 4.99 Å². The van der Waals surface area contributed by atoms with Crippen molar-refractivity contribution in [1.82, 2.24) is 0 Å². The number of aryl methyl sites for hydroxylation is 1. The highest BCUT2D eigenvalue weighted by atomic mass is 79.9. The smallest absolute Gasteiger partial charge is 0.125 e. The van der Waals surface area contributed by atoms with Gasteiger partial charge in [0.15, 0.2) is 0 Å². The molecule has 0 saturated carbocycles. The quantitative estimate of drug-likeness (QED) is 0.820. The SMILES string of the molecule is Cc1cc(F)cc(Nc2ccc(C(N)=S)cc2Br)c1. The molecule has 2 nitrogen and oxygen atoms in total. The van der Waals surface area contributed by atoms with Crippen molar-refractivity contribution in [1.29, 1.82) is 0 Å². The Hall–Kier alpha value is -1.46. The maximum absolute atomic E-state index is 13.3. The number of benzene rings is 2. The Morgan fingerprint density at radius 3 is 2.58 bits per heavy atom. The number of nitrogens with one attached hydrogen (secondary N) is 1. The minimum atomic E-state index is -0.265. The third-order valence-electron chi connectivity index (χ3n) is 2.57. The summed E-state index contributed by atoms with van der Waals surface area (Å²) in [4.78, 5) is 0.342. The second kappa shape index (κ2) is 5.67. The van der Waals surface area contributed by atoms with E-state index >= 15 is 0 Å². The molecule has 0 fully saturated rings. The highest BCUT2D eigenvalue weighted by Crippen LogP contribution is 2.27. The first-order valence-corrected chi connectivity index (χ1v) is 6.79. The Balaban J connectivity index is 2.30. The third kappa shape index (κ3) is 3.52. The summed E-state index contributed by atoms with van der Waals surface area (Å²) in [6.45, 7) is 1.85. The average Bonchev–Trinajstić information content (AvgIpc) is 2.30. The largest absolute Gasteiger partial charge is 0.389 e. The van der Waals surface area contributed by atoms with Crippen LogP contribution in [0.1, 0.15) is 11.1 Å². The van der Waals surface area contributed by atoms with Crippen LogP contribution in [0.5, 0.6) is 0 Å². The molecule has 3 N–H and O–H groups in total. The first kappa shape index (κ1) is 14.0. The molecule has 0 atom stereocenters. The first-order valence-electron chi connectivity index (χ1n) is 5.59. The molecule has 0 radical (unpaired) electrons. The molecule has 0 heterocycles. The van der Waals surface area contributed by atoms with Gasteiger partial charge in [0.2, 0.25) is 0 Å². The maximum Gasteiger partial charge on any atom is 0.125 e. The fraction of sp³-hybridized carbons (Fsp3) is 0.0714. The fourth-order valence-corrected chi connectivity index (χ4v) is 2.34. The predicted molar refractivity (Wildman–Crippen MR) is 84.4 cm³/mol. The lowest BCUT2D eigenvalue weighted by atomic mass is 10.2. The van der Waals surface area contributed by atoms with Crippen molar-refractivity contribution in [2.75, 3.05) is 5.32 Å². The molecular weight excluding hydrogens is 327 g/mol. The van der Waals surface area contributed by atoms with Crippen LogP contribution in [-0.2, 0) is 0 Å². The lowest BCUT2D eigenvalue weighted by Gasteiger charge is -2.11. The molecule has 0 aliphatic carbocycles. The van der Waals surface area contributed by atoms with Crippen LogP contribution in [0.15, 0.2) is 40.9 Å². The molecule has 98 valence electrons. The summed E-state index contributed by atoms with van der Waals surface area (Å²) < 4.78 is 14.1. The van der Waals surface area contributed by atoms with Gasteiger partial charge in [-0.2, -0.15) is 0 Å². The second-order valence-corrected chi connectivity index (χ2v) is 5.50. The molecule has 0 saturated heterocycles. The van der Waals surface area contributed by atoms with E-state index < -0.39 is 0 Å². The van der Waals surface area contributed by atoms with E-state index in [0.29, 0.717) is 10.7 Å². The van der Waals surface area contributed by atoms with Crippen molar-refractivity contribution >= 4 is 44.5 Å². The summed E-state index contributed by atoms with van der Waals surface area (Å²) >= 11 is 8.35. The number of hydrogen-bond donors (Lipinski definition) is 2. The van der Waals surface area contributed by atoms with Crippen LogP contribution in [0.4, 0.5) is 15.8 Å². The van der Waals surface area contributed by atoms with Crippen molar-refractivity contribution in [3.05, 3.63) is 57.8 Å². The molecule has 5 heteroatoms. The average molecular weight is 339 g/mol. The molecule has 0 bridgehead atoms. The fourth-order valence-electron chi connectivity index (χ4n) is 1.73. The van der Waals surface area contributed by atoms with Gasteiger partial charge < -0.3 is 11.1 Å². The Morgan fingerprint density at radius 2 is 2.00 bits per heavy atom. The minimum absolute atomic E-state index is 0.265. The zero-order valence-electron chi connectivity index (χ0n) is 10.2. The minimum Gasteiger partial charge on any atom is -0.389 e. The summed E-state index contributed by atoms with van der Waals surface area (Å²) in [6, 6.07) is 10.3. The summed E-state index contributed by atoms with van der Waals surface area (Å²) in [6.07, 6.45) is 0. The zero-order valence-corrected chi connectivity index (χ0v) is 12.6. The van der Waals surface area contributed by atoms with Crippen molar-refractivity contribution in [3.8, 4) is 0 Å². The van der Waals surface area contributed by atoms with Crippen molar-refractivity contribution in [2.24, 2.45) is 5.73 Å². The maximum atomic E-state index is 13.3. The van der Waals surface area contributed by atoms with E-state index in [1.807, 2.05) is 31.2 Å². The summed E-state index contributed by atoms with van der Waals surface area (Å²) in [5.41, 5.74) is 8.73. The second-order valence-electron chi connectivity index (χ2n) is 4.20. The lowest BCUT2D eigenvalue weighted by molar-refractivity contribution is 0.627. The zero-order chi connectivity index (χ0) is 14.0. The Bertz CT molecular complexity index is 623. The van der Waals surface area contributed by atoms with Gasteiger partial charge in [-0.3, -0.25) is 0 Å². The summed E-state index contributed by atoms with van der Waals surface area (Å²) in [7, 11) is 0. The van der Waals surface area contributed by atoms with Crippen LogP contribution in [0.3, 0.4) is 0 Å². The standard InChI is InChI=1S/C14H12BrFN2S/c1-8-4-10(16)7-11(5-8)18-13-3-2-9(14(17)19)6-12(13)15/h2-7,18H,1H3,(H2,17,19). The molecule has 0 spiro atoms. The Morgan fingerprint density at radius 1 is 1.26 bits per heavy atom. The molecule has 2 rings (SSSR count). The lowest BCUT2D eigenvalue weighted by Crippen LogP contribution is -2.09. The van der Waals surface area contributed by atoms with Crippen molar-refractivity contribution < 1.29 is 4.39 Å². The van der Waals surface area contributed by atoms with E-state index in [9.17, 15) is 4.39 Å². The van der Waals surface area contributed by atoms with Gasteiger partial charge in [0.25, 0.3) is 0 Å². The molecule has 0 amide bonds. The molecule has 0 unspecified atom stereocenters. The van der Waals surface area contributed by atoms with Crippen LogP contribution in [0.2, 0.25) is 0 Å². The highest BCUT2D eigenvalue weighted by molar-refractivity contribution is 9.10. The Kier molecular flexibility index (Phi) is 4.17. The van der Waals surface area contributed by atoms with Gasteiger partial charge in [-0.05, 0) is 64.8 Å². The van der Waals surface area contributed by atoms with Crippen LogP contribution >= 0.6 is 28.1 Å². The predicted octanol–water partition coefficient (Wildman–Crippen LogP) is 4.27.